The Hall–Kier alpha value is -3.90. The Labute approximate surface area is 220 Å². The van der Waals surface area contributed by atoms with Crippen molar-refractivity contribution >= 4 is 29.2 Å². The van der Waals surface area contributed by atoms with Crippen LogP contribution < -0.4 is 10.2 Å². The molecule has 4 aromatic rings. The van der Waals surface area contributed by atoms with Crippen molar-refractivity contribution in [3.8, 4) is 11.3 Å². The van der Waals surface area contributed by atoms with E-state index in [4.69, 9.17) is 16.7 Å². The van der Waals surface area contributed by atoms with E-state index in [9.17, 15) is 9.59 Å². The number of carbonyl (C=O) groups is 2. The van der Waals surface area contributed by atoms with E-state index in [-0.39, 0.29) is 17.9 Å². The highest BCUT2D eigenvalue weighted by Gasteiger charge is 2.27. The molecule has 0 spiro atoms. The SMILES string of the molecule is O=C(N[C@H]1CCCc2ccccc21)c1ccc(CN2C(=O)CCn3nc(-c4ccc(Cl)cc4)cc32)cc1. The monoisotopic (exact) mass is 510 g/mol. The molecular weight excluding hydrogens is 484 g/mol. The first-order chi connectivity index (χ1) is 18.0. The maximum absolute atomic E-state index is 13.0. The van der Waals surface area contributed by atoms with Crippen LogP contribution in [0.2, 0.25) is 5.02 Å². The lowest BCUT2D eigenvalue weighted by Gasteiger charge is -2.27. The summed E-state index contributed by atoms with van der Waals surface area (Å²) in [6.07, 6.45) is 3.48. The van der Waals surface area contributed by atoms with E-state index in [1.807, 2.05) is 65.3 Å². The summed E-state index contributed by atoms with van der Waals surface area (Å²) < 4.78 is 1.88. The number of fused-ring (bicyclic) bond motifs is 2. The fourth-order valence-electron chi connectivity index (χ4n) is 5.27. The van der Waals surface area contributed by atoms with Crippen LogP contribution >= 0.6 is 11.6 Å². The second-order valence-corrected chi connectivity index (χ2v) is 10.1. The van der Waals surface area contributed by atoms with Gasteiger partial charge in [-0.2, -0.15) is 5.10 Å². The van der Waals surface area contributed by atoms with Gasteiger partial charge in [-0.05, 0) is 60.2 Å². The van der Waals surface area contributed by atoms with E-state index >= 15 is 0 Å². The van der Waals surface area contributed by atoms with Crippen LogP contribution in [-0.4, -0.2) is 21.6 Å². The Kier molecular flexibility index (Phi) is 6.26. The Balaban J connectivity index is 1.17. The number of anilines is 1. The average molecular weight is 511 g/mol. The van der Waals surface area contributed by atoms with Crippen LogP contribution in [-0.2, 0) is 24.3 Å². The number of nitrogens with one attached hydrogen (secondary N) is 1. The number of halogens is 1. The van der Waals surface area contributed by atoms with E-state index < -0.39 is 0 Å². The van der Waals surface area contributed by atoms with Gasteiger partial charge in [0.15, 0.2) is 0 Å². The summed E-state index contributed by atoms with van der Waals surface area (Å²) in [5.74, 6) is 0.764. The maximum Gasteiger partial charge on any atom is 0.251 e. The summed E-state index contributed by atoms with van der Waals surface area (Å²) in [4.78, 5) is 27.6. The largest absolute Gasteiger partial charge is 0.345 e. The van der Waals surface area contributed by atoms with Crippen LogP contribution in [0, 0.1) is 0 Å². The minimum absolute atomic E-state index is 0.0400. The molecule has 7 heteroatoms. The Morgan fingerprint density at radius 3 is 2.59 bits per heavy atom. The van der Waals surface area contributed by atoms with Gasteiger partial charge in [-0.15, -0.1) is 0 Å². The molecule has 1 aromatic heterocycles. The van der Waals surface area contributed by atoms with Crippen molar-refractivity contribution in [3.05, 3.63) is 106 Å². The van der Waals surface area contributed by atoms with E-state index in [1.54, 1.807) is 4.90 Å². The van der Waals surface area contributed by atoms with E-state index in [0.29, 0.717) is 30.1 Å². The van der Waals surface area contributed by atoms with E-state index in [2.05, 4.69) is 23.5 Å². The molecule has 2 heterocycles. The van der Waals surface area contributed by atoms with Gasteiger partial charge in [0.2, 0.25) is 5.91 Å². The number of aryl methyl sites for hydroxylation is 2. The van der Waals surface area contributed by atoms with Crippen molar-refractivity contribution < 1.29 is 9.59 Å². The number of carbonyl (C=O) groups excluding carboxylic acids is 2. The molecule has 6 nitrogen and oxygen atoms in total. The normalized spacial score (nSPS) is 16.7. The molecule has 1 aliphatic heterocycles. The molecule has 1 atom stereocenters. The lowest BCUT2D eigenvalue weighted by atomic mass is 9.87. The number of benzene rings is 3. The van der Waals surface area contributed by atoms with E-state index in [1.165, 1.54) is 11.1 Å². The molecule has 2 aliphatic rings. The highest BCUT2D eigenvalue weighted by atomic mass is 35.5. The molecule has 6 rings (SSSR count). The zero-order chi connectivity index (χ0) is 25.4. The van der Waals surface area contributed by atoms with Crippen LogP contribution in [0.4, 0.5) is 5.82 Å². The van der Waals surface area contributed by atoms with Gasteiger partial charge < -0.3 is 5.32 Å². The molecular formula is C30H27ClN4O2. The van der Waals surface area contributed by atoms with Gasteiger partial charge in [0.25, 0.3) is 5.91 Å². The topological polar surface area (TPSA) is 67.2 Å². The maximum atomic E-state index is 13.0. The van der Waals surface area contributed by atoms with Crippen LogP contribution in [0.1, 0.15) is 52.4 Å². The highest BCUT2D eigenvalue weighted by Crippen LogP contribution is 2.31. The van der Waals surface area contributed by atoms with Crippen molar-refractivity contribution in [2.45, 2.75) is 44.8 Å². The summed E-state index contributed by atoms with van der Waals surface area (Å²) in [6.45, 7) is 0.976. The zero-order valence-electron chi connectivity index (χ0n) is 20.4. The molecule has 0 bridgehead atoms. The molecule has 0 fully saturated rings. The Morgan fingerprint density at radius 1 is 1.00 bits per heavy atom. The second kappa shape index (κ2) is 9.87. The van der Waals surface area contributed by atoms with Gasteiger partial charge in [-0.25, -0.2) is 4.68 Å². The standard InChI is InChI=1S/C30H27ClN4O2/c31-24-14-12-22(13-15-24)27-18-28-34(29(36)16-17-35(28)33-27)19-20-8-10-23(11-9-20)30(37)32-26-7-3-5-21-4-1-2-6-25(21)26/h1-2,4,6,8-15,18,26H,3,5,7,16-17,19H2,(H,32,37)/t26-/m0/s1. The summed E-state index contributed by atoms with van der Waals surface area (Å²) in [5.41, 5.74) is 5.87. The van der Waals surface area contributed by atoms with Crippen molar-refractivity contribution in [2.24, 2.45) is 0 Å². The molecule has 0 radical (unpaired) electrons. The quantitative estimate of drug-likeness (QED) is 0.361. The predicted molar refractivity (Wildman–Crippen MR) is 145 cm³/mol. The first-order valence-corrected chi connectivity index (χ1v) is 13.0. The minimum atomic E-state index is -0.0759. The molecule has 37 heavy (non-hydrogen) atoms. The fraction of sp³-hybridized carbons (Fsp3) is 0.233. The molecule has 0 saturated carbocycles. The number of hydrogen-bond acceptors (Lipinski definition) is 3. The summed E-state index contributed by atoms with van der Waals surface area (Å²) in [6, 6.07) is 25.4. The van der Waals surface area contributed by atoms with Gasteiger partial charge >= 0.3 is 0 Å². The Bertz CT molecular complexity index is 1460. The third kappa shape index (κ3) is 4.77. The third-order valence-corrected chi connectivity index (χ3v) is 7.50. The molecule has 3 aromatic carbocycles. The van der Waals surface area contributed by atoms with Gasteiger partial charge in [0.05, 0.1) is 24.8 Å². The summed E-state index contributed by atoms with van der Waals surface area (Å²) in [7, 11) is 0. The summed E-state index contributed by atoms with van der Waals surface area (Å²) in [5, 5.41) is 8.59. The number of rotatable bonds is 5. The number of aromatic nitrogens is 2. The highest BCUT2D eigenvalue weighted by molar-refractivity contribution is 6.30. The smallest absolute Gasteiger partial charge is 0.251 e. The number of hydrogen-bond donors (Lipinski definition) is 1. The van der Waals surface area contributed by atoms with Crippen molar-refractivity contribution in [1.82, 2.24) is 15.1 Å². The van der Waals surface area contributed by atoms with Crippen LogP contribution in [0.5, 0.6) is 0 Å². The third-order valence-electron chi connectivity index (χ3n) is 7.25. The molecule has 0 unspecified atom stereocenters. The van der Waals surface area contributed by atoms with Crippen LogP contribution in [0.15, 0.2) is 78.9 Å². The fourth-order valence-corrected chi connectivity index (χ4v) is 5.40. The molecule has 1 N–H and O–H groups in total. The van der Waals surface area contributed by atoms with Gasteiger partial charge in [-0.3, -0.25) is 14.5 Å². The van der Waals surface area contributed by atoms with Gasteiger partial charge in [0, 0.05) is 28.6 Å². The minimum Gasteiger partial charge on any atom is -0.345 e. The average Bonchev–Trinajstić information content (AvgIpc) is 3.36. The number of nitrogens with zero attached hydrogens (tertiary/aromatic N) is 3. The molecule has 0 saturated heterocycles. The molecule has 2 amide bonds. The zero-order valence-corrected chi connectivity index (χ0v) is 21.1. The molecule has 186 valence electrons. The summed E-state index contributed by atoms with van der Waals surface area (Å²) >= 11 is 6.03. The number of amides is 2. The van der Waals surface area contributed by atoms with Crippen molar-refractivity contribution in [1.29, 1.82) is 0 Å². The van der Waals surface area contributed by atoms with Gasteiger partial charge in [-0.1, -0.05) is 60.1 Å². The van der Waals surface area contributed by atoms with E-state index in [0.717, 1.165) is 41.9 Å². The van der Waals surface area contributed by atoms with Crippen LogP contribution in [0.3, 0.4) is 0 Å². The second-order valence-electron chi connectivity index (χ2n) is 9.66. The van der Waals surface area contributed by atoms with Crippen LogP contribution in [0.25, 0.3) is 11.3 Å². The van der Waals surface area contributed by atoms with Crippen molar-refractivity contribution in [3.63, 3.8) is 0 Å². The van der Waals surface area contributed by atoms with Crippen molar-refractivity contribution in [2.75, 3.05) is 4.90 Å². The predicted octanol–water partition coefficient (Wildman–Crippen LogP) is 5.95. The molecule has 1 aliphatic carbocycles. The lowest BCUT2D eigenvalue weighted by molar-refractivity contribution is -0.119. The first kappa shape index (κ1) is 23.5. The first-order valence-electron chi connectivity index (χ1n) is 12.7. The lowest BCUT2D eigenvalue weighted by Crippen LogP contribution is -2.37. The Morgan fingerprint density at radius 2 is 1.78 bits per heavy atom. The van der Waals surface area contributed by atoms with Gasteiger partial charge in [0.1, 0.15) is 5.82 Å².